The normalized spacial score (nSPS) is 9.45. The van der Waals surface area contributed by atoms with Crippen LogP contribution in [0.3, 0.4) is 0 Å². The van der Waals surface area contributed by atoms with Crippen molar-refractivity contribution >= 4 is 0 Å². The van der Waals surface area contributed by atoms with Crippen LogP contribution < -0.4 is 0 Å². The molecule has 0 atom stereocenters. The highest BCUT2D eigenvalue weighted by molar-refractivity contribution is 4.98. The third-order valence-electron chi connectivity index (χ3n) is 1.42. The number of hydrogen-bond acceptors (Lipinski definition) is 1. The molecule has 0 aromatic carbocycles. The first-order valence-electron chi connectivity index (χ1n) is 4.22. The van der Waals surface area contributed by atoms with Gasteiger partial charge in [-0.3, -0.25) is 0 Å². The van der Waals surface area contributed by atoms with E-state index in [4.69, 9.17) is 4.74 Å². The van der Waals surface area contributed by atoms with Crippen LogP contribution in [-0.4, -0.2) is 13.7 Å². The van der Waals surface area contributed by atoms with Crippen LogP contribution in [0.4, 0.5) is 0 Å². The summed E-state index contributed by atoms with van der Waals surface area (Å²) < 4.78 is 4.80. The van der Waals surface area contributed by atoms with Crippen LogP contribution in [-0.2, 0) is 4.74 Å². The molecule has 0 saturated carbocycles. The molecule has 0 aliphatic rings. The standard InChI is InChI=1S/C10H18O/c1-10(2)8-6-4-5-7-9-11-3/h10H,4,6,8-9H2,1-3H3. The molecule has 0 bridgehead atoms. The topological polar surface area (TPSA) is 9.23 Å². The zero-order chi connectivity index (χ0) is 8.53. The van der Waals surface area contributed by atoms with E-state index in [9.17, 15) is 0 Å². The molecule has 0 N–H and O–H groups in total. The summed E-state index contributed by atoms with van der Waals surface area (Å²) in [5.41, 5.74) is 0. The fourth-order valence-corrected chi connectivity index (χ4v) is 0.810. The van der Waals surface area contributed by atoms with Crippen LogP contribution in [0.1, 0.15) is 33.1 Å². The number of rotatable bonds is 4. The van der Waals surface area contributed by atoms with Gasteiger partial charge < -0.3 is 4.74 Å². The highest BCUT2D eigenvalue weighted by Crippen LogP contribution is 2.04. The first kappa shape index (κ1) is 10.5. The van der Waals surface area contributed by atoms with Crippen molar-refractivity contribution in [3.8, 4) is 11.8 Å². The largest absolute Gasteiger partial charge is 0.372 e. The van der Waals surface area contributed by atoms with Gasteiger partial charge in [-0.25, -0.2) is 0 Å². The van der Waals surface area contributed by atoms with E-state index >= 15 is 0 Å². The third-order valence-corrected chi connectivity index (χ3v) is 1.42. The van der Waals surface area contributed by atoms with Gasteiger partial charge in [-0.05, 0) is 12.3 Å². The second-order valence-electron chi connectivity index (χ2n) is 3.07. The summed E-state index contributed by atoms with van der Waals surface area (Å²) in [4.78, 5) is 0. The summed E-state index contributed by atoms with van der Waals surface area (Å²) in [6, 6.07) is 0. The van der Waals surface area contributed by atoms with Crippen molar-refractivity contribution in [2.75, 3.05) is 13.7 Å². The van der Waals surface area contributed by atoms with Crippen molar-refractivity contribution < 1.29 is 4.74 Å². The van der Waals surface area contributed by atoms with Crippen molar-refractivity contribution in [2.24, 2.45) is 5.92 Å². The average Bonchev–Trinajstić information content (AvgIpc) is 1.96. The minimum Gasteiger partial charge on any atom is -0.372 e. The Morgan fingerprint density at radius 2 is 2.00 bits per heavy atom. The minimum atomic E-state index is 0.571. The van der Waals surface area contributed by atoms with Crippen molar-refractivity contribution in [2.45, 2.75) is 33.1 Å². The second-order valence-corrected chi connectivity index (χ2v) is 3.07. The SMILES string of the molecule is COCC#CCCCC(C)C. The van der Waals surface area contributed by atoms with Gasteiger partial charge in [0, 0.05) is 13.5 Å². The molecule has 0 unspecified atom stereocenters. The summed E-state index contributed by atoms with van der Waals surface area (Å²) >= 11 is 0. The summed E-state index contributed by atoms with van der Waals surface area (Å²) in [7, 11) is 1.67. The molecule has 11 heavy (non-hydrogen) atoms. The van der Waals surface area contributed by atoms with Gasteiger partial charge >= 0.3 is 0 Å². The summed E-state index contributed by atoms with van der Waals surface area (Å²) in [5.74, 6) is 6.81. The lowest BCUT2D eigenvalue weighted by Gasteiger charge is -1.99. The summed E-state index contributed by atoms with van der Waals surface area (Å²) in [6.07, 6.45) is 3.51. The van der Waals surface area contributed by atoms with Crippen molar-refractivity contribution in [3.05, 3.63) is 0 Å². The number of ether oxygens (including phenoxy) is 1. The Morgan fingerprint density at radius 1 is 1.27 bits per heavy atom. The lowest BCUT2D eigenvalue weighted by molar-refractivity contribution is 0.239. The molecule has 0 saturated heterocycles. The van der Waals surface area contributed by atoms with E-state index in [-0.39, 0.29) is 0 Å². The van der Waals surface area contributed by atoms with Gasteiger partial charge in [-0.2, -0.15) is 0 Å². The van der Waals surface area contributed by atoms with Crippen LogP contribution in [0, 0.1) is 17.8 Å². The number of methoxy groups -OCH3 is 1. The average molecular weight is 154 g/mol. The zero-order valence-corrected chi connectivity index (χ0v) is 7.81. The smallest absolute Gasteiger partial charge is 0.107 e. The van der Waals surface area contributed by atoms with Gasteiger partial charge in [0.25, 0.3) is 0 Å². The Morgan fingerprint density at radius 3 is 2.55 bits per heavy atom. The Kier molecular flexibility index (Phi) is 7.29. The predicted octanol–water partition coefficient (Wildman–Crippen LogP) is 2.46. The van der Waals surface area contributed by atoms with E-state index < -0.39 is 0 Å². The molecular weight excluding hydrogens is 136 g/mol. The third kappa shape index (κ3) is 9.52. The maximum Gasteiger partial charge on any atom is 0.107 e. The molecule has 0 heterocycles. The first-order valence-corrected chi connectivity index (χ1v) is 4.22. The lowest BCUT2D eigenvalue weighted by atomic mass is 10.1. The van der Waals surface area contributed by atoms with Crippen LogP contribution in [0.25, 0.3) is 0 Å². The fourth-order valence-electron chi connectivity index (χ4n) is 0.810. The van der Waals surface area contributed by atoms with E-state index in [1.54, 1.807) is 7.11 Å². The quantitative estimate of drug-likeness (QED) is 0.446. The zero-order valence-electron chi connectivity index (χ0n) is 7.81. The molecule has 0 aliphatic carbocycles. The Labute approximate surface area is 70.1 Å². The molecule has 0 fully saturated rings. The van der Waals surface area contributed by atoms with Gasteiger partial charge in [0.05, 0.1) is 0 Å². The summed E-state index contributed by atoms with van der Waals surface area (Å²) in [5, 5.41) is 0. The maximum atomic E-state index is 4.80. The number of unbranched alkanes of at least 4 members (excludes halogenated alkanes) is 1. The van der Waals surface area contributed by atoms with Crippen molar-refractivity contribution in [1.29, 1.82) is 0 Å². The van der Waals surface area contributed by atoms with Crippen molar-refractivity contribution in [3.63, 3.8) is 0 Å². The van der Waals surface area contributed by atoms with E-state index in [1.165, 1.54) is 12.8 Å². The van der Waals surface area contributed by atoms with Crippen molar-refractivity contribution in [1.82, 2.24) is 0 Å². The van der Waals surface area contributed by atoms with Crippen LogP contribution in [0.15, 0.2) is 0 Å². The molecule has 0 rings (SSSR count). The Bertz CT molecular complexity index is 128. The van der Waals surface area contributed by atoms with Crippen LogP contribution in [0.5, 0.6) is 0 Å². The van der Waals surface area contributed by atoms with E-state index in [2.05, 4.69) is 25.7 Å². The van der Waals surface area contributed by atoms with Gasteiger partial charge in [-0.1, -0.05) is 26.2 Å². The predicted molar refractivity (Wildman–Crippen MR) is 48.3 cm³/mol. The Balaban J connectivity index is 3.09. The lowest BCUT2D eigenvalue weighted by Crippen LogP contribution is -1.86. The van der Waals surface area contributed by atoms with Gasteiger partial charge in [0.1, 0.15) is 6.61 Å². The summed E-state index contributed by atoms with van der Waals surface area (Å²) in [6.45, 7) is 5.05. The molecule has 0 aliphatic heterocycles. The van der Waals surface area contributed by atoms with Gasteiger partial charge in [-0.15, -0.1) is 5.92 Å². The molecule has 1 nitrogen and oxygen atoms in total. The second kappa shape index (κ2) is 7.63. The van der Waals surface area contributed by atoms with Gasteiger partial charge in [0.2, 0.25) is 0 Å². The van der Waals surface area contributed by atoms with E-state index in [1.807, 2.05) is 0 Å². The van der Waals surface area contributed by atoms with E-state index in [0.29, 0.717) is 6.61 Å². The molecule has 64 valence electrons. The fraction of sp³-hybridized carbons (Fsp3) is 0.800. The molecular formula is C10H18O. The monoisotopic (exact) mass is 154 g/mol. The minimum absolute atomic E-state index is 0.571. The molecule has 0 aromatic heterocycles. The molecule has 0 amide bonds. The Hall–Kier alpha value is -0.480. The molecule has 0 aromatic rings. The highest BCUT2D eigenvalue weighted by Gasteiger charge is 1.90. The molecule has 0 radical (unpaired) electrons. The van der Waals surface area contributed by atoms with E-state index in [0.717, 1.165) is 12.3 Å². The molecule has 0 spiro atoms. The maximum absolute atomic E-state index is 4.80. The molecule has 1 heteroatoms. The van der Waals surface area contributed by atoms with Crippen LogP contribution >= 0.6 is 0 Å². The number of hydrogen-bond donors (Lipinski definition) is 0. The van der Waals surface area contributed by atoms with Crippen LogP contribution in [0.2, 0.25) is 0 Å². The van der Waals surface area contributed by atoms with Gasteiger partial charge in [0.15, 0.2) is 0 Å². The highest BCUT2D eigenvalue weighted by atomic mass is 16.5. The first-order chi connectivity index (χ1) is 5.27.